The quantitative estimate of drug-likeness (QED) is 0.784. The standard InChI is InChI=1S/C12H20BrN3O3/c1-12(2,4-6-17)15-9-8-14-16(5-7-19-3)11(18)10(9)13/h8,15,17H,4-7H2,1-3H3. The van der Waals surface area contributed by atoms with Gasteiger partial charge in [-0.05, 0) is 36.2 Å². The first-order chi connectivity index (χ1) is 8.91. The second-order valence-electron chi connectivity index (χ2n) is 4.88. The molecular formula is C12H20BrN3O3. The second-order valence-corrected chi connectivity index (χ2v) is 5.67. The topological polar surface area (TPSA) is 76.4 Å². The van der Waals surface area contributed by atoms with Gasteiger partial charge in [-0.25, -0.2) is 4.68 Å². The summed E-state index contributed by atoms with van der Waals surface area (Å²) in [5.41, 5.74) is 0.100. The number of methoxy groups -OCH3 is 1. The number of anilines is 1. The largest absolute Gasteiger partial charge is 0.396 e. The highest BCUT2D eigenvalue weighted by Crippen LogP contribution is 2.22. The summed E-state index contributed by atoms with van der Waals surface area (Å²) in [6, 6.07) is 0. The van der Waals surface area contributed by atoms with Crippen molar-refractivity contribution in [2.24, 2.45) is 0 Å². The van der Waals surface area contributed by atoms with Crippen LogP contribution in [0.1, 0.15) is 20.3 Å². The van der Waals surface area contributed by atoms with E-state index in [1.807, 2.05) is 13.8 Å². The molecule has 0 saturated heterocycles. The van der Waals surface area contributed by atoms with Gasteiger partial charge in [-0.2, -0.15) is 5.10 Å². The van der Waals surface area contributed by atoms with E-state index < -0.39 is 0 Å². The monoisotopic (exact) mass is 333 g/mol. The van der Waals surface area contributed by atoms with Crippen molar-refractivity contribution in [2.75, 3.05) is 25.6 Å². The smallest absolute Gasteiger partial charge is 0.283 e. The van der Waals surface area contributed by atoms with E-state index in [0.29, 0.717) is 29.7 Å². The van der Waals surface area contributed by atoms with Crippen LogP contribution in [0.2, 0.25) is 0 Å². The Morgan fingerprint density at radius 1 is 1.58 bits per heavy atom. The van der Waals surface area contributed by atoms with Crippen molar-refractivity contribution in [3.05, 3.63) is 21.0 Å². The van der Waals surface area contributed by atoms with Gasteiger partial charge in [0.2, 0.25) is 0 Å². The van der Waals surface area contributed by atoms with Gasteiger partial charge in [-0.1, -0.05) is 0 Å². The molecule has 0 aliphatic carbocycles. The maximum Gasteiger partial charge on any atom is 0.283 e. The van der Waals surface area contributed by atoms with E-state index in [1.54, 1.807) is 13.3 Å². The van der Waals surface area contributed by atoms with E-state index in [9.17, 15) is 4.79 Å². The molecule has 0 radical (unpaired) electrons. The molecule has 7 heteroatoms. The number of ether oxygens (including phenoxy) is 1. The number of hydrogen-bond acceptors (Lipinski definition) is 5. The molecule has 6 nitrogen and oxygen atoms in total. The fraction of sp³-hybridized carbons (Fsp3) is 0.667. The molecule has 19 heavy (non-hydrogen) atoms. The van der Waals surface area contributed by atoms with Gasteiger partial charge in [0.05, 0.1) is 25.0 Å². The van der Waals surface area contributed by atoms with Crippen molar-refractivity contribution in [3.63, 3.8) is 0 Å². The summed E-state index contributed by atoms with van der Waals surface area (Å²) in [6.45, 7) is 4.82. The summed E-state index contributed by atoms with van der Waals surface area (Å²) in [4.78, 5) is 12.0. The molecule has 0 unspecified atom stereocenters. The zero-order chi connectivity index (χ0) is 14.5. The summed E-state index contributed by atoms with van der Waals surface area (Å²) in [5.74, 6) is 0. The third-order valence-electron chi connectivity index (χ3n) is 2.70. The Kier molecular flexibility index (Phi) is 5.96. The predicted octanol–water partition coefficient (Wildman–Crippen LogP) is 1.23. The lowest BCUT2D eigenvalue weighted by atomic mass is 10.0. The SMILES string of the molecule is COCCn1ncc(NC(C)(C)CCO)c(Br)c1=O. The number of halogens is 1. The molecule has 0 aromatic carbocycles. The predicted molar refractivity (Wildman–Crippen MR) is 77.5 cm³/mol. The molecule has 0 bridgehead atoms. The number of aliphatic hydroxyl groups is 1. The lowest BCUT2D eigenvalue weighted by molar-refractivity contribution is 0.181. The van der Waals surface area contributed by atoms with Crippen LogP contribution in [0.25, 0.3) is 0 Å². The van der Waals surface area contributed by atoms with Crippen LogP contribution in [0.5, 0.6) is 0 Å². The molecule has 2 N–H and O–H groups in total. The van der Waals surface area contributed by atoms with Crippen molar-refractivity contribution in [2.45, 2.75) is 32.4 Å². The van der Waals surface area contributed by atoms with Crippen molar-refractivity contribution in [3.8, 4) is 0 Å². The minimum absolute atomic E-state index is 0.0793. The zero-order valence-electron chi connectivity index (χ0n) is 11.4. The molecular weight excluding hydrogens is 314 g/mol. The summed E-state index contributed by atoms with van der Waals surface area (Å²) < 4.78 is 6.70. The third kappa shape index (κ3) is 4.59. The lowest BCUT2D eigenvalue weighted by Gasteiger charge is -2.27. The summed E-state index contributed by atoms with van der Waals surface area (Å²) in [6.07, 6.45) is 2.17. The fourth-order valence-corrected chi connectivity index (χ4v) is 2.00. The molecule has 1 aromatic heterocycles. The van der Waals surface area contributed by atoms with Crippen molar-refractivity contribution in [1.29, 1.82) is 0 Å². The molecule has 0 aliphatic heterocycles. The Morgan fingerprint density at radius 2 is 2.26 bits per heavy atom. The van der Waals surface area contributed by atoms with Crippen LogP contribution in [0, 0.1) is 0 Å². The zero-order valence-corrected chi connectivity index (χ0v) is 13.0. The number of nitrogens with zero attached hydrogens (tertiary/aromatic N) is 2. The van der Waals surface area contributed by atoms with E-state index in [4.69, 9.17) is 9.84 Å². The highest BCUT2D eigenvalue weighted by Gasteiger charge is 2.19. The van der Waals surface area contributed by atoms with Gasteiger partial charge in [0.1, 0.15) is 4.47 Å². The maximum absolute atomic E-state index is 12.0. The average Bonchev–Trinajstić information content (AvgIpc) is 2.34. The molecule has 0 saturated carbocycles. The molecule has 1 aromatic rings. The van der Waals surface area contributed by atoms with Crippen LogP contribution >= 0.6 is 15.9 Å². The number of rotatable bonds is 7. The number of aromatic nitrogens is 2. The molecule has 1 rings (SSSR count). The van der Waals surface area contributed by atoms with Gasteiger partial charge in [0.25, 0.3) is 5.56 Å². The van der Waals surface area contributed by atoms with Gasteiger partial charge in [0.15, 0.2) is 0 Å². The van der Waals surface area contributed by atoms with Crippen LogP contribution < -0.4 is 10.9 Å². The highest BCUT2D eigenvalue weighted by molar-refractivity contribution is 9.10. The molecule has 0 spiro atoms. The molecule has 0 fully saturated rings. The molecule has 0 atom stereocenters. The van der Waals surface area contributed by atoms with Crippen LogP contribution in [0.3, 0.4) is 0 Å². The Bertz CT molecular complexity index is 474. The normalized spacial score (nSPS) is 11.6. The van der Waals surface area contributed by atoms with Gasteiger partial charge < -0.3 is 15.2 Å². The van der Waals surface area contributed by atoms with E-state index in [1.165, 1.54) is 4.68 Å². The maximum atomic E-state index is 12.0. The third-order valence-corrected chi connectivity index (χ3v) is 3.47. The summed E-state index contributed by atoms with van der Waals surface area (Å²) >= 11 is 3.29. The first kappa shape index (κ1) is 16.1. The second kappa shape index (κ2) is 7.02. The minimum Gasteiger partial charge on any atom is -0.396 e. The molecule has 0 amide bonds. The number of aliphatic hydroxyl groups excluding tert-OH is 1. The van der Waals surface area contributed by atoms with E-state index >= 15 is 0 Å². The number of nitrogens with one attached hydrogen (secondary N) is 1. The van der Waals surface area contributed by atoms with Crippen molar-refractivity contribution >= 4 is 21.6 Å². The van der Waals surface area contributed by atoms with Crippen LogP contribution in [0.15, 0.2) is 15.5 Å². The minimum atomic E-state index is -0.315. The Labute approximate surface area is 120 Å². The van der Waals surface area contributed by atoms with Gasteiger partial charge >= 0.3 is 0 Å². The van der Waals surface area contributed by atoms with Gasteiger partial charge in [0, 0.05) is 19.3 Å². The first-order valence-corrected chi connectivity index (χ1v) is 6.84. The van der Waals surface area contributed by atoms with Crippen LogP contribution in [0.4, 0.5) is 5.69 Å². The van der Waals surface area contributed by atoms with E-state index in [2.05, 4.69) is 26.3 Å². The number of hydrogen-bond donors (Lipinski definition) is 2. The van der Waals surface area contributed by atoms with Gasteiger partial charge in [-0.3, -0.25) is 4.79 Å². The van der Waals surface area contributed by atoms with Crippen LogP contribution in [-0.4, -0.2) is 40.7 Å². The summed E-state index contributed by atoms with van der Waals surface area (Å²) in [5, 5.41) is 16.3. The fourth-order valence-electron chi connectivity index (χ4n) is 1.60. The highest BCUT2D eigenvalue weighted by atomic mass is 79.9. The Morgan fingerprint density at radius 3 is 2.84 bits per heavy atom. The van der Waals surface area contributed by atoms with Crippen LogP contribution in [-0.2, 0) is 11.3 Å². The summed E-state index contributed by atoms with van der Waals surface area (Å²) in [7, 11) is 1.58. The first-order valence-electron chi connectivity index (χ1n) is 6.05. The van der Waals surface area contributed by atoms with E-state index in [-0.39, 0.29) is 17.7 Å². The molecule has 1 heterocycles. The molecule has 0 aliphatic rings. The lowest BCUT2D eigenvalue weighted by Crippen LogP contribution is -2.34. The van der Waals surface area contributed by atoms with E-state index in [0.717, 1.165) is 0 Å². The average molecular weight is 334 g/mol. The molecule has 108 valence electrons. The van der Waals surface area contributed by atoms with Crippen molar-refractivity contribution < 1.29 is 9.84 Å². The Hall–Kier alpha value is -0.920. The van der Waals surface area contributed by atoms with Gasteiger partial charge in [-0.15, -0.1) is 0 Å². The Balaban J connectivity index is 2.93. The van der Waals surface area contributed by atoms with Crippen molar-refractivity contribution in [1.82, 2.24) is 9.78 Å².